The van der Waals surface area contributed by atoms with Crippen LogP contribution in [0.4, 0.5) is 0 Å². The Morgan fingerprint density at radius 3 is 2.43 bits per heavy atom. The van der Waals surface area contributed by atoms with Gasteiger partial charge in [0.1, 0.15) is 0 Å². The van der Waals surface area contributed by atoms with Crippen LogP contribution >= 0.6 is 0 Å². The lowest BCUT2D eigenvalue weighted by molar-refractivity contribution is 0.281. The fraction of sp³-hybridized carbons (Fsp3) is 1.00. The zero-order valence-electron chi connectivity index (χ0n) is 8.48. The van der Waals surface area contributed by atoms with Crippen molar-refractivity contribution in [2.45, 2.75) is 32.1 Å². The molecule has 0 atom stereocenters. The minimum atomic E-state index is -2.90. The minimum Gasteiger partial charge on any atom is -0.396 e. The van der Waals surface area contributed by atoms with E-state index in [1.807, 2.05) is 0 Å². The highest BCUT2D eigenvalue weighted by Gasteiger charge is 2.26. The lowest BCUT2D eigenvalue weighted by atomic mass is 10.2. The fourth-order valence-corrected chi connectivity index (χ4v) is 3.26. The summed E-state index contributed by atoms with van der Waals surface area (Å²) in [6.45, 7) is 1.60. The Labute approximate surface area is 86.0 Å². The van der Waals surface area contributed by atoms with Crippen molar-refractivity contribution in [1.29, 1.82) is 0 Å². The van der Waals surface area contributed by atoms with Gasteiger partial charge in [0.25, 0.3) is 0 Å². The summed E-state index contributed by atoms with van der Waals surface area (Å²) >= 11 is 0. The van der Waals surface area contributed by atoms with E-state index in [-0.39, 0.29) is 6.61 Å². The van der Waals surface area contributed by atoms with Crippen molar-refractivity contribution in [2.24, 2.45) is 0 Å². The molecule has 5 heteroatoms. The molecule has 1 rings (SSSR count). The lowest BCUT2D eigenvalue weighted by Crippen LogP contribution is -2.26. The van der Waals surface area contributed by atoms with Crippen molar-refractivity contribution in [3.05, 3.63) is 0 Å². The van der Waals surface area contributed by atoms with Gasteiger partial charge in [-0.3, -0.25) is 0 Å². The van der Waals surface area contributed by atoms with E-state index >= 15 is 0 Å². The summed E-state index contributed by atoms with van der Waals surface area (Å²) in [7, 11) is -2.90. The average molecular weight is 221 g/mol. The highest BCUT2D eigenvalue weighted by molar-refractivity contribution is 7.89. The SMILES string of the molecule is O=S1(=O)CCCN1CCCCCCO. The van der Waals surface area contributed by atoms with Crippen molar-refractivity contribution in [3.8, 4) is 0 Å². The van der Waals surface area contributed by atoms with Gasteiger partial charge in [-0.25, -0.2) is 12.7 Å². The lowest BCUT2D eigenvalue weighted by Gasteiger charge is -2.13. The molecular weight excluding hydrogens is 202 g/mol. The summed E-state index contributed by atoms with van der Waals surface area (Å²) in [4.78, 5) is 0. The van der Waals surface area contributed by atoms with E-state index < -0.39 is 10.0 Å². The first-order valence-corrected chi connectivity index (χ1v) is 6.86. The molecule has 1 N–H and O–H groups in total. The van der Waals surface area contributed by atoms with Gasteiger partial charge in [-0.1, -0.05) is 12.8 Å². The molecule has 0 saturated carbocycles. The molecule has 0 aromatic heterocycles. The third-order valence-corrected chi connectivity index (χ3v) is 4.48. The second-order valence-electron chi connectivity index (χ2n) is 3.71. The molecule has 0 bridgehead atoms. The van der Waals surface area contributed by atoms with Crippen LogP contribution < -0.4 is 0 Å². The first-order chi connectivity index (χ1) is 6.67. The first-order valence-electron chi connectivity index (χ1n) is 5.25. The molecule has 1 saturated heterocycles. The van der Waals surface area contributed by atoms with Gasteiger partial charge < -0.3 is 5.11 Å². The normalized spacial score (nSPS) is 21.5. The van der Waals surface area contributed by atoms with Gasteiger partial charge in [-0.05, 0) is 19.3 Å². The van der Waals surface area contributed by atoms with Gasteiger partial charge in [0.05, 0.1) is 5.75 Å². The Morgan fingerprint density at radius 2 is 1.86 bits per heavy atom. The molecule has 0 aliphatic carbocycles. The summed E-state index contributed by atoms with van der Waals surface area (Å²) in [5, 5.41) is 8.55. The topological polar surface area (TPSA) is 57.6 Å². The second kappa shape index (κ2) is 5.68. The number of rotatable bonds is 6. The molecule has 0 radical (unpaired) electrons. The Bertz CT molecular complexity index is 251. The summed E-state index contributed by atoms with van der Waals surface area (Å²) in [6, 6.07) is 0. The Morgan fingerprint density at radius 1 is 1.14 bits per heavy atom. The molecule has 14 heavy (non-hydrogen) atoms. The maximum Gasteiger partial charge on any atom is 0.214 e. The van der Waals surface area contributed by atoms with Crippen LogP contribution in [0.1, 0.15) is 32.1 Å². The molecule has 84 valence electrons. The van der Waals surface area contributed by atoms with Crippen LogP contribution in [-0.4, -0.2) is 43.3 Å². The van der Waals surface area contributed by atoms with Crippen molar-refractivity contribution in [3.63, 3.8) is 0 Å². The van der Waals surface area contributed by atoms with Gasteiger partial charge in [0.15, 0.2) is 0 Å². The van der Waals surface area contributed by atoms with Crippen LogP contribution in [0.25, 0.3) is 0 Å². The number of hydrogen-bond donors (Lipinski definition) is 1. The van der Waals surface area contributed by atoms with E-state index in [2.05, 4.69) is 0 Å². The third-order valence-electron chi connectivity index (χ3n) is 2.52. The second-order valence-corrected chi connectivity index (χ2v) is 5.79. The molecule has 1 fully saturated rings. The summed E-state index contributed by atoms with van der Waals surface area (Å²) < 4.78 is 24.3. The van der Waals surface area contributed by atoms with Crippen LogP contribution in [0, 0.1) is 0 Å². The van der Waals surface area contributed by atoms with Crippen molar-refractivity contribution in [2.75, 3.05) is 25.4 Å². The molecule has 0 unspecified atom stereocenters. The molecule has 1 aliphatic rings. The zero-order valence-corrected chi connectivity index (χ0v) is 9.30. The predicted molar refractivity (Wildman–Crippen MR) is 55.5 cm³/mol. The average Bonchev–Trinajstić information content (AvgIpc) is 2.45. The highest BCUT2D eigenvalue weighted by atomic mass is 32.2. The van der Waals surface area contributed by atoms with Crippen LogP contribution in [-0.2, 0) is 10.0 Å². The standard InChI is InChI=1S/C9H19NO3S/c11-8-4-2-1-3-6-10-7-5-9-14(10,12)13/h11H,1-9H2. The van der Waals surface area contributed by atoms with Crippen molar-refractivity contribution in [1.82, 2.24) is 4.31 Å². The largest absolute Gasteiger partial charge is 0.396 e. The zero-order chi connectivity index (χ0) is 10.4. The Hall–Kier alpha value is -0.130. The fourth-order valence-electron chi connectivity index (χ4n) is 1.70. The monoisotopic (exact) mass is 221 g/mol. The summed E-state index contributed by atoms with van der Waals surface area (Å²) in [6.07, 6.45) is 4.52. The van der Waals surface area contributed by atoms with Gasteiger partial charge in [-0.15, -0.1) is 0 Å². The number of aliphatic hydroxyl groups excluding tert-OH is 1. The van der Waals surface area contributed by atoms with Gasteiger partial charge in [0, 0.05) is 19.7 Å². The Kier molecular flexibility index (Phi) is 4.84. The van der Waals surface area contributed by atoms with Crippen LogP contribution in [0.3, 0.4) is 0 Å². The van der Waals surface area contributed by atoms with Crippen molar-refractivity contribution >= 4 is 10.0 Å². The van der Waals surface area contributed by atoms with Crippen molar-refractivity contribution < 1.29 is 13.5 Å². The van der Waals surface area contributed by atoms with E-state index in [4.69, 9.17) is 5.11 Å². The van der Waals surface area contributed by atoms with Gasteiger partial charge in [-0.2, -0.15) is 0 Å². The molecule has 0 spiro atoms. The van der Waals surface area contributed by atoms with Gasteiger partial charge >= 0.3 is 0 Å². The smallest absolute Gasteiger partial charge is 0.214 e. The van der Waals surface area contributed by atoms with E-state index in [1.54, 1.807) is 4.31 Å². The van der Waals surface area contributed by atoms with Crippen LogP contribution in [0.15, 0.2) is 0 Å². The summed E-state index contributed by atoms with van der Waals surface area (Å²) in [5.41, 5.74) is 0. The van der Waals surface area contributed by atoms with E-state index in [0.29, 0.717) is 18.8 Å². The third kappa shape index (κ3) is 3.55. The molecule has 4 nitrogen and oxygen atoms in total. The maximum atomic E-state index is 11.4. The quantitative estimate of drug-likeness (QED) is 0.667. The predicted octanol–water partition coefficient (Wildman–Crippen LogP) is 0.575. The molecule has 1 heterocycles. The first kappa shape index (κ1) is 11.9. The molecule has 1 aliphatic heterocycles. The van der Waals surface area contributed by atoms with E-state index in [1.165, 1.54) is 0 Å². The van der Waals surface area contributed by atoms with E-state index in [9.17, 15) is 8.42 Å². The minimum absolute atomic E-state index is 0.238. The van der Waals surface area contributed by atoms with E-state index in [0.717, 1.165) is 32.1 Å². The summed E-state index contributed by atoms with van der Waals surface area (Å²) in [5.74, 6) is 0.323. The molecule has 0 aromatic carbocycles. The number of sulfonamides is 1. The Balaban J connectivity index is 2.13. The number of nitrogens with zero attached hydrogens (tertiary/aromatic N) is 1. The molecular formula is C9H19NO3S. The maximum absolute atomic E-state index is 11.4. The van der Waals surface area contributed by atoms with Crippen LogP contribution in [0.5, 0.6) is 0 Å². The highest BCUT2D eigenvalue weighted by Crippen LogP contribution is 2.14. The van der Waals surface area contributed by atoms with Gasteiger partial charge in [0.2, 0.25) is 10.0 Å². The number of aliphatic hydroxyl groups is 1. The number of hydrogen-bond acceptors (Lipinski definition) is 3. The number of unbranched alkanes of at least 4 members (excludes halogenated alkanes) is 3. The molecule has 0 aromatic rings. The van der Waals surface area contributed by atoms with Crippen LogP contribution in [0.2, 0.25) is 0 Å². The molecule has 0 amide bonds.